The molecule has 3 atom stereocenters. The molecule has 193 valence electrons. The van der Waals surface area contributed by atoms with E-state index in [1.165, 1.54) is 24.0 Å². The van der Waals surface area contributed by atoms with Gasteiger partial charge in [-0.2, -0.15) is 11.0 Å². The molecule has 0 bridgehead atoms. The summed E-state index contributed by atoms with van der Waals surface area (Å²) in [6, 6.07) is 7.62. The maximum absolute atomic E-state index is 12.1. The van der Waals surface area contributed by atoms with Crippen LogP contribution in [0.1, 0.15) is 76.7 Å². The first-order valence-electron chi connectivity index (χ1n) is 12.6. The number of carbonyl (C=O) groups excluding carboxylic acids is 2. The molecule has 0 aliphatic heterocycles. The largest absolute Gasteiger partial charge is 0.433 e. The van der Waals surface area contributed by atoms with Crippen LogP contribution in [-0.2, 0) is 64.6 Å². The van der Waals surface area contributed by atoms with Crippen molar-refractivity contribution in [2.75, 3.05) is 0 Å². The number of nitrogens with zero attached hydrogens (tertiary/aromatic N) is 3. The van der Waals surface area contributed by atoms with E-state index in [0.717, 1.165) is 31.4 Å². The third-order valence-corrected chi connectivity index (χ3v) is 6.48. The van der Waals surface area contributed by atoms with Gasteiger partial charge >= 0.3 is 0 Å². The Kier molecular flexibility index (Phi) is 12.3. The number of aromatic nitrogens is 3. The fourth-order valence-corrected chi connectivity index (χ4v) is 4.76. The zero-order chi connectivity index (χ0) is 25.4. The average molecular weight is 571 g/mol. The Hall–Kier alpha value is -2.03. The van der Waals surface area contributed by atoms with E-state index in [9.17, 15) is 9.59 Å². The molecule has 9 heteroatoms. The van der Waals surface area contributed by atoms with Gasteiger partial charge in [0, 0.05) is 46.1 Å². The number of amides is 1. The smallest absolute Gasteiger partial charge is 0.298 e. The molecular formula is C27H37N4O4Y-. The second-order valence-electron chi connectivity index (χ2n) is 8.69. The van der Waals surface area contributed by atoms with E-state index in [4.69, 9.17) is 9.47 Å². The van der Waals surface area contributed by atoms with E-state index in [1.807, 2.05) is 26.1 Å². The predicted octanol–water partition coefficient (Wildman–Crippen LogP) is 4.10. The molecule has 1 amide bonds. The Labute approximate surface area is 239 Å². The number of rotatable bonds is 9. The van der Waals surface area contributed by atoms with Gasteiger partial charge in [0.15, 0.2) is 0 Å². The molecule has 2 aliphatic carbocycles. The summed E-state index contributed by atoms with van der Waals surface area (Å²) < 4.78 is 13.3. The molecule has 1 N–H and O–H groups in total. The van der Waals surface area contributed by atoms with Gasteiger partial charge in [0.25, 0.3) is 6.47 Å². The Bertz CT molecular complexity index is 996. The number of ether oxygens (including phenoxy) is 2. The minimum atomic E-state index is -0.400. The van der Waals surface area contributed by atoms with Crippen LogP contribution in [0.3, 0.4) is 0 Å². The minimum Gasteiger partial charge on any atom is -0.433 e. The molecule has 1 aromatic carbocycles. The summed E-state index contributed by atoms with van der Waals surface area (Å²) in [5.41, 5.74) is 3.47. The van der Waals surface area contributed by atoms with Crippen molar-refractivity contribution in [3.63, 3.8) is 0 Å². The van der Waals surface area contributed by atoms with Crippen LogP contribution in [0.4, 0.5) is 0 Å². The van der Waals surface area contributed by atoms with E-state index < -0.39 is 6.04 Å². The summed E-state index contributed by atoms with van der Waals surface area (Å²) in [5, 5.41) is 11.9. The van der Waals surface area contributed by atoms with Gasteiger partial charge in [-0.05, 0) is 18.9 Å². The number of hydrogen-bond acceptors (Lipinski definition) is 6. The van der Waals surface area contributed by atoms with Crippen LogP contribution in [0.15, 0.2) is 42.3 Å². The molecule has 2 aromatic rings. The van der Waals surface area contributed by atoms with Crippen LogP contribution < -0.4 is 5.32 Å². The summed E-state index contributed by atoms with van der Waals surface area (Å²) in [6.07, 6.45) is 7.22. The molecule has 1 radical (unpaired) electrons. The second kappa shape index (κ2) is 14.6. The van der Waals surface area contributed by atoms with Crippen LogP contribution in [-0.4, -0.2) is 45.6 Å². The molecule has 8 nitrogen and oxygen atoms in total. The summed E-state index contributed by atoms with van der Waals surface area (Å²) in [5.74, 6) is 1.57. The third kappa shape index (κ3) is 7.27. The number of hydrogen-bond donors (Lipinski definition) is 1. The number of benzene rings is 1. The first kappa shape index (κ1) is 30.2. The molecule has 1 heterocycles. The summed E-state index contributed by atoms with van der Waals surface area (Å²) in [4.78, 5) is 23.2. The minimum absolute atomic E-state index is 0. The zero-order valence-electron chi connectivity index (χ0n) is 21.9. The first-order valence-corrected chi connectivity index (χ1v) is 12.6. The van der Waals surface area contributed by atoms with Crippen molar-refractivity contribution < 1.29 is 51.8 Å². The zero-order valence-corrected chi connectivity index (χ0v) is 24.8. The van der Waals surface area contributed by atoms with Gasteiger partial charge in [-0.25, -0.2) is 0 Å². The molecule has 0 saturated carbocycles. The monoisotopic (exact) mass is 570 g/mol. The van der Waals surface area contributed by atoms with Crippen molar-refractivity contribution >= 4 is 12.4 Å². The number of nitrogens with one attached hydrogen (secondary N) is 1. The van der Waals surface area contributed by atoms with Crippen molar-refractivity contribution in [3.8, 4) is 0 Å². The number of carbonyl (C=O) groups is 2. The Morgan fingerprint density at radius 1 is 1.22 bits per heavy atom. The van der Waals surface area contributed by atoms with Crippen LogP contribution in [0.2, 0.25) is 0 Å². The van der Waals surface area contributed by atoms with Crippen molar-refractivity contribution in [1.82, 2.24) is 20.3 Å². The SMILES string of the molecule is CC.CCC(CC)O[C@@H]1CC(OC=O)=C[C@H](n2cc([C-]3Cc4ccccc4C3)nn2)[C@H]1NC(C)=O.[Y]. The van der Waals surface area contributed by atoms with E-state index in [2.05, 4.69) is 53.7 Å². The normalized spacial score (nSPS) is 20.4. The molecule has 0 fully saturated rings. The average Bonchev–Trinajstić information content (AvgIpc) is 3.52. The van der Waals surface area contributed by atoms with Gasteiger partial charge in [-0.15, -0.1) is 0 Å². The molecule has 0 saturated heterocycles. The second-order valence-corrected chi connectivity index (χ2v) is 8.69. The molecule has 0 unspecified atom stereocenters. The van der Waals surface area contributed by atoms with Crippen molar-refractivity contribution in [2.24, 2.45) is 0 Å². The van der Waals surface area contributed by atoms with E-state index in [0.29, 0.717) is 18.7 Å². The summed E-state index contributed by atoms with van der Waals surface area (Å²) in [7, 11) is 0. The predicted molar refractivity (Wildman–Crippen MR) is 133 cm³/mol. The van der Waals surface area contributed by atoms with E-state index in [1.54, 1.807) is 4.68 Å². The maximum Gasteiger partial charge on any atom is 0.298 e. The van der Waals surface area contributed by atoms with Gasteiger partial charge in [0.1, 0.15) is 5.76 Å². The quantitative estimate of drug-likeness (QED) is 0.361. The summed E-state index contributed by atoms with van der Waals surface area (Å²) >= 11 is 0. The van der Waals surface area contributed by atoms with Gasteiger partial charge in [-0.3, -0.25) is 9.59 Å². The summed E-state index contributed by atoms with van der Waals surface area (Å²) in [6.45, 7) is 10.1. The topological polar surface area (TPSA) is 95.3 Å². The fourth-order valence-electron chi connectivity index (χ4n) is 4.76. The van der Waals surface area contributed by atoms with E-state index >= 15 is 0 Å². The first-order chi connectivity index (χ1) is 17.0. The Morgan fingerprint density at radius 3 is 2.42 bits per heavy atom. The van der Waals surface area contributed by atoms with Gasteiger partial charge in [0.05, 0.1) is 24.3 Å². The van der Waals surface area contributed by atoms with Crippen molar-refractivity contribution in [2.45, 2.75) is 91.0 Å². The van der Waals surface area contributed by atoms with Crippen LogP contribution in [0, 0.1) is 5.92 Å². The molecule has 0 spiro atoms. The van der Waals surface area contributed by atoms with Crippen molar-refractivity contribution in [3.05, 3.63) is 65.0 Å². The Balaban J connectivity index is 0.00000148. The van der Waals surface area contributed by atoms with Crippen LogP contribution >= 0.6 is 0 Å². The molecule has 2 aliphatic rings. The maximum atomic E-state index is 12.1. The van der Waals surface area contributed by atoms with Crippen LogP contribution in [0.5, 0.6) is 0 Å². The molecule has 4 rings (SSSR count). The van der Waals surface area contributed by atoms with Gasteiger partial charge in [0.2, 0.25) is 5.91 Å². The molecule has 36 heavy (non-hydrogen) atoms. The van der Waals surface area contributed by atoms with Gasteiger partial charge < -0.3 is 19.5 Å². The third-order valence-electron chi connectivity index (χ3n) is 6.48. The standard InChI is InChI=1S/C25H31N4O4.C2H6.Y/c1-4-20(5-2)33-24-13-21(32-15-30)12-23(25(24)26-16(3)31)29-14-22(27-28-29)19-10-17-8-6-7-9-18(17)11-19;1-2;/h6-9,12,14-15,20,23-25H,4-5,10-11,13H2,1-3H3,(H,26,31);1-2H3;/q-1;;/t23-,24+,25+;;/m0../s1. The number of fused-ring (bicyclic) bond motifs is 1. The van der Waals surface area contributed by atoms with Crippen LogP contribution in [0.25, 0.3) is 0 Å². The molecule has 1 aromatic heterocycles. The van der Waals surface area contributed by atoms with Crippen molar-refractivity contribution in [1.29, 1.82) is 0 Å². The van der Waals surface area contributed by atoms with Gasteiger partial charge in [-0.1, -0.05) is 93.0 Å². The Morgan fingerprint density at radius 2 is 1.86 bits per heavy atom. The van der Waals surface area contributed by atoms with E-state index in [-0.39, 0.29) is 56.9 Å². The molecular weight excluding hydrogens is 533 g/mol. The fraction of sp³-hybridized carbons (Fsp3) is 0.519.